The fourth-order valence-corrected chi connectivity index (χ4v) is 2.12. The van der Waals surface area contributed by atoms with E-state index in [0.29, 0.717) is 24.7 Å². The van der Waals surface area contributed by atoms with Gasteiger partial charge < -0.3 is 14.2 Å². The number of benzene rings is 2. The zero-order valence-corrected chi connectivity index (χ0v) is 14.5. The topological polar surface area (TPSA) is 87.9 Å². The smallest absolute Gasteiger partial charge is 0.336 e. The van der Waals surface area contributed by atoms with Crippen LogP contribution in [0.15, 0.2) is 48.5 Å². The first kappa shape index (κ1) is 19.0. The minimum absolute atomic E-state index is 0.0711. The molecule has 2 aromatic carbocycles. The molecule has 0 aliphatic carbocycles. The highest BCUT2D eigenvalue weighted by Crippen LogP contribution is 2.29. The number of non-ortho nitro benzene ring substituents is 1. The van der Waals surface area contributed by atoms with Crippen LogP contribution in [0.1, 0.15) is 19.4 Å². The zero-order chi connectivity index (χ0) is 18.9. The van der Waals surface area contributed by atoms with Crippen molar-refractivity contribution in [1.82, 2.24) is 0 Å². The molecule has 0 amide bonds. The Kier molecular flexibility index (Phi) is 6.73. The Balaban J connectivity index is 2.04. The fraction of sp³-hybridized carbons (Fsp3) is 0.211. The van der Waals surface area contributed by atoms with Crippen molar-refractivity contribution in [3.05, 3.63) is 64.2 Å². The summed E-state index contributed by atoms with van der Waals surface area (Å²) in [6.07, 6.45) is 2.86. The van der Waals surface area contributed by atoms with Crippen molar-refractivity contribution in [1.29, 1.82) is 0 Å². The average Bonchev–Trinajstić information content (AvgIpc) is 2.62. The Morgan fingerprint density at radius 2 is 1.69 bits per heavy atom. The van der Waals surface area contributed by atoms with Crippen LogP contribution in [0.5, 0.6) is 17.2 Å². The van der Waals surface area contributed by atoms with Crippen LogP contribution in [0.3, 0.4) is 0 Å². The molecule has 0 aliphatic heterocycles. The minimum atomic E-state index is -0.592. The molecule has 0 saturated carbocycles. The zero-order valence-electron chi connectivity index (χ0n) is 14.5. The van der Waals surface area contributed by atoms with Gasteiger partial charge in [0.15, 0.2) is 11.5 Å². The molecule has 7 nitrogen and oxygen atoms in total. The predicted molar refractivity (Wildman–Crippen MR) is 96.5 cm³/mol. The Morgan fingerprint density at radius 1 is 1.04 bits per heavy atom. The van der Waals surface area contributed by atoms with E-state index < -0.39 is 10.9 Å². The van der Waals surface area contributed by atoms with Crippen molar-refractivity contribution >= 4 is 17.7 Å². The Labute approximate surface area is 151 Å². The number of carbonyl (C=O) groups excluding carboxylic acids is 1. The summed E-state index contributed by atoms with van der Waals surface area (Å²) in [6.45, 7) is 4.78. The summed E-state index contributed by atoms with van der Waals surface area (Å²) >= 11 is 0. The molecular formula is C19H19NO6. The molecule has 0 radical (unpaired) electrons. The number of hydrogen-bond donors (Lipinski definition) is 0. The molecule has 0 spiro atoms. The largest absolute Gasteiger partial charge is 0.490 e. The summed E-state index contributed by atoms with van der Waals surface area (Å²) in [7, 11) is 0. The highest BCUT2D eigenvalue weighted by Gasteiger charge is 2.07. The van der Waals surface area contributed by atoms with Crippen molar-refractivity contribution in [2.45, 2.75) is 13.8 Å². The van der Waals surface area contributed by atoms with Gasteiger partial charge in [-0.05, 0) is 49.8 Å². The van der Waals surface area contributed by atoms with Gasteiger partial charge in [0.1, 0.15) is 5.75 Å². The van der Waals surface area contributed by atoms with Crippen molar-refractivity contribution in [3.63, 3.8) is 0 Å². The van der Waals surface area contributed by atoms with E-state index in [1.54, 1.807) is 24.3 Å². The van der Waals surface area contributed by atoms with E-state index in [1.807, 2.05) is 13.8 Å². The van der Waals surface area contributed by atoms with Crippen molar-refractivity contribution in [2.24, 2.45) is 0 Å². The predicted octanol–water partition coefficient (Wildman–Crippen LogP) is 4.01. The molecule has 0 fully saturated rings. The molecule has 136 valence electrons. The third kappa shape index (κ3) is 5.34. The maximum atomic E-state index is 11.9. The van der Waals surface area contributed by atoms with Gasteiger partial charge in [-0.1, -0.05) is 6.07 Å². The van der Waals surface area contributed by atoms with Gasteiger partial charge in [0.05, 0.1) is 18.1 Å². The molecule has 7 heteroatoms. The first-order chi connectivity index (χ1) is 12.5. The van der Waals surface area contributed by atoms with Crippen molar-refractivity contribution < 1.29 is 23.9 Å². The Bertz CT molecular complexity index is 798. The summed E-state index contributed by atoms with van der Waals surface area (Å²) in [5.74, 6) is 0.873. The van der Waals surface area contributed by atoms with E-state index in [0.717, 1.165) is 5.56 Å². The summed E-state index contributed by atoms with van der Waals surface area (Å²) in [4.78, 5) is 22.0. The number of nitrogens with zero attached hydrogens (tertiary/aromatic N) is 1. The Morgan fingerprint density at radius 3 is 2.31 bits per heavy atom. The van der Waals surface area contributed by atoms with Crippen LogP contribution in [0.25, 0.3) is 6.08 Å². The lowest BCUT2D eigenvalue weighted by atomic mass is 10.2. The highest BCUT2D eigenvalue weighted by atomic mass is 16.6. The first-order valence-electron chi connectivity index (χ1n) is 8.07. The van der Waals surface area contributed by atoms with Gasteiger partial charge in [0.2, 0.25) is 0 Å². The number of rotatable bonds is 8. The third-order valence-electron chi connectivity index (χ3n) is 3.25. The molecule has 0 aromatic heterocycles. The molecule has 0 unspecified atom stereocenters. The van der Waals surface area contributed by atoms with Gasteiger partial charge >= 0.3 is 5.97 Å². The quantitative estimate of drug-likeness (QED) is 0.233. The van der Waals surface area contributed by atoms with Gasteiger partial charge in [0, 0.05) is 18.2 Å². The van der Waals surface area contributed by atoms with E-state index in [9.17, 15) is 14.9 Å². The molecule has 0 aliphatic rings. The third-order valence-corrected chi connectivity index (χ3v) is 3.25. The van der Waals surface area contributed by atoms with Gasteiger partial charge in [-0.3, -0.25) is 10.1 Å². The maximum absolute atomic E-state index is 11.9. The van der Waals surface area contributed by atoms with E-state index in [1.165, 1.54) is 30.3 Å². The Hall–Kier alpha value is -3.35. The van der Waals surface area contributed by atoms with E-state index in [2.05, 4.69) is 0 Å². The number of ether oxygens (including phenoxy) is 3. The molecule has 2 rings (SSSR count). The highest BCUT2D eigenvalue weighted by molar-refractivity contribution is 5.88. The average molecular weight is 357 g/mol. The van der Waals surface area contributed by atoms with Crippen LogP contribution in [-0.4, -0.2) is 24.1 Å². The van der Waals surface area contributed by atoms with Crippen LogP contribution >= 0.6 is 0 Å². The van der Waals surface area contributed by atoms with Crippen LogP contribution in [0.4, 0.5) is 5.69 Å². The molecule has 0 N–H and O–H groups in total. The van der Waals surface area contributed by atoms with E-state index in [4.69, 9.17) is 14.2 Å². The lowest BCUT2D eigenvalue weighted by molar-refractivity contribution is -0.384. The maximum Gasteiger partial charge on any atom is 0.336 e. The second kappa shape index (κ2) is 9.22. The van der Waals surface area contributed by atoms with Crippen molar-refractivity contribution in [2.75, 3.05) is 13.2 Å². The fourth-order valence-electron chi connectivity index (χ4n) is 2.12. The first-order valence-corrected chi connectivity index (χ1v) is 8.07. The summed E-state index contributed by atoms with van der Waals surface area (Å²) in [5, 5.41) is 10.6. The SMILES string of the molecule is CCOc1ccc(C=CC(=O)Oc2ccc([N+](=O)[O-])cc2)cc1OCC. The normalized spacial score (nSPS) is 10.5. The van der Waals surface area contributed by atoms with Crippen LogP contribution in [0, 0.1) is 10.1 Å². The van der Waals surface area contributed by atoms with Crippen molar-refractivity contribution in [3.8, 4) is 17.2 Å². The monoisotopic (exact) mass is 357 g/mol. The minimum Gasteiger partial charge on any atom is -0.490 e. The van der Waals surface area contributed by atoms with Crippen LogP contribution < -0.4 is 14.2 Å². The number of esters is 1. The lowest BCUT2D eigenvalue weighted by Crippen LogP contribution is -2.03. The number of nitro benzene ring substituents is 1. The molecule has 0 saturated heterocycles. The number of carbonyl (C=O) groups is 1. The molecular weight excluding hydrogens is 338 g/mol. The molecule has 26 heavy (non-hydrogen) atoms. The van der Waals surface area contributed by atoms with Gasteiger partial charge in [0.25, 0.3) is 5.69 Å². The molecule has 0 atom stereocenters. The van der Waals surface area contributed by atoms with E-state index in [-0.39, 0.29) is 11.4 Å². The summed E-state index contributed by atoms with van der Waals surface area (Å²) < 4.78 is 16.1. The molecule has 0 heterocycles. The van der Waals surface area contributed by atoms with Crippen LogP contribution in [-0.2, 0) is 4.79 Å². The van der Waals surface area contributed by atoms with Gasteiger partial charge in [-0.25, -0.2) is 4.79 Å². The molecule has 2 aromatic rings. The lowest BCUT2D eigenvalue weighted by Gasteiger charge is -2.11. The number of hydrogen-bond acceptors (Lipinski definition) is 6. The standard InChI is InChI=1S/C19H19NO6/c1-3-24-17-11-5-14(13-18(17)25-4-2)6-12-19(21)26-16-9-7-15(8-10-16)20(22)23/h5-13H,3-4H2,1-2H3. The molecule has 0 bridgehead atoms. The second-order valence-corrected chi connectivity index (χ2v) is 5.08. The van der Waals surface area contributed by atoms with E-state index >= 15 is 0 Å². The number of nitro groups is 1. The summed E-state index contributed by atoms with van der Waals surface area (Å²) in [5.41, 5.74) is 0.677. The van der Waals surface area contributed by atoms with Gasteiger partial charge in [-0.15, -0.1) is 0 Å². The summed E-state index contributed by atoms with van der Waals surface area (Å²) in [6, 6.07) is 10.6. The van der Waals surface area contributed by atoms with Crippen LogP contribution in [0.2, 0.25) is 0 Å². The van der Waals surface area contributed by atoms with Gasteiger partial charge in [-0.2, -0.15) is 0 Å². The second-order valence-electron chi connectivity index (χ2n) is 5.08.